The van der Waals surface area contributed by atoms with E-state index in [-0.39, 0.29) is 0 Å². The lowest BCUT2D eigenvalue weighted by atomic mass is 10.1. The van der Waals surface area contributed by atoms with Crippen molar-refractivity contribution in [2.45, 2.75) is 44.7 Å². The summed E-state index contributed by atoms with van der Waals surface area (Å²) in [6, 6.07) is 0. The molecule has 0 atom stereocenters. The molecule has 0 heterocycles. The Kier molecular flexibility index (Phi) is 7.85. The van der Waals surface area contributed by atoms with Crippen molar-refractivity contribution in [3.05, 3.63) is 23.3 Å². The lowest BCUT2D eigenvalue weighted by Gasteiger charge is -2.33. The highest BCUT2D eigenvalue weighted by Crippen LogP contribution is 2.84. The van der Waals surface area contributed by atoms with Gasteiger partial charge < -0.3 is 29.4 Å². The molecule has 0 radical (unpaired) electrons. The van der Waals surface area contributed by atoms with E-state index in [1.165, 1.54) is 0 Å². The molecule has 23 heavy (non-hydrogen) atoms. The van der Waals surface area contributed by atoms with Crippen LogP contribution in [0.15, 0.2) is 23.3 Å². The van der Waals surface area contributed by atoms with E-state index in [4.69, 9.17) is 0 Å². The minimum Gasteiger partial charge on any atom is -0.323 e. The van der Waals surface area contributed by atoms with Gasteiger partial charge in [-0.2, -0.15) is 0 Å². The van der Waals surface area contributed by atoms with Gasteiger partial charge in [-0.15, -0.1) is 0 Å². The number of hydrogen-bond acceptors (Lipinski definition) is 3. The zero-order chi connectivity index (χ0) is 18.7. The fourth-order valence-electron chi connectivity index (χ4n) is 1.87. The molecule has 136 valence electrons. The van der Waals surface area contributed by atoms with E-state index >= 15 is 0 Å². The summed E-state index contributed by atoms with van der Waals surface area (Å²) in [5, 5.41) is 0. The molecule has 0 aromatic rings. The SMILES string of the molecule is CC(C)=CCC/C(C)=C/CC(P(=O)(O)O)(P(=O)(O)O)P(=O)(O)O. The summed E-state index contributed by atoms with van der Waals surface area (Å²) in [5.74, 6) is 0. The maximum atomic E-state index is 11.5. The zero-order valence-electron chi connectivity index (χ0n) is 13.0. The Bertz CT molecular complexity index is 560. The first-order valence-electron chi connectivity index (χ1n) is 6.52. The molecule has 0 amide bonds. The van der Waals surface area contributed by atoms with Crippen molar-refractivity contribution >= 4 is 22.8 Å². The maximum absolute atomic E-state index is 11.5. The lowest BCUT2D eigenvalue weighted by Crippen LogP contribution is -2.28. The molecular formula is C11H23O9P3. The fourth-order valence-corrected chi connectivity index (χ4v) is 6.93. The quantitative estimate of drug-likeness (QED) is 0.267. The van der Waals surface area contributed by atoms with Crippen molar-refractivity contribution in [2.24, 2.45) is 0 Å². The molecule has 0 aliphatic heterocycles. The van der Waals surface area contributed by atoms with Crippen LogP contribution in [-0.4, -0.2) is 34.0 Å². The van der Waals surface area contributed by atoms with E-state index in [1.807, 2.05) is 19.9 Å². The minimum absolute atomic E-state index is 0.421. The van der Waals surface area contributed by atoms with Crippen LogP contribution >= 0.6 is 22.8 Å². The van der Waals surface area contributed by atoms with Gasteiger partial charge in [0.2, 0.25) is 0 Å². The molecular weight excluding hydrogens is 369 g/mol. The zero-order valence-corrected chi connectivity index (χ0v) is 15.7. The van der Waals surface area contributed by atoms with Crippen molar-refractivity contribution in [3.8, 4) is 0 Å². The number of allylic oxidation sites excluding steroid dienone is 4. The molecule has 0 rings (SSSR count). The fraction of sp³-hybridized carbons (Fsp3) is 0.636. The van der Waals surface area contributed by atoms with Gasteiger partial charge in [0.15, 0.2) is 0 Å². The molecule has 6 N–H and O–H groups in total. The molecule has 0 aliphatic rings. The van der Waals surface area contributed by atoms with Crippen LogP contribution < -0.4 is 0 Å². The first kappa shape index (κ1) is 22.9. The smallest absolute Gasteiger partial charge is 0.323 e. The summed E-state index contributed by atoms with van der Waals surface area (Å²) in [6.45, 7) is 5.29. The molecule has 9 nitrogen and oxygen atoms in total. The maximum Gasteiger partial charge on any atom is 0.356 e. The third-order valence-corrected chi connectivity index (χ3v) is 11.3. The van der Waals surface area contributed by atoms with Crippen LogP contribution in [0.2, 0.25) is 0 Å². The van der Waals surface area contributed by atoms with E-state index in [0.717, 1.165) is 11.6 Å². The third-order valence-electron chi connectivity index (χ3n) is 3.22. The normalized spacial score (nSPS) is 14.7. The van der Waals surface area contributed by atoms with Crippen LogP contribution in [0.4, 0.5) is 0 Å². The van der Waals surface area contributed by atoms with E-state index in [2.05, 4.69) is 0 Å². The molecule has 0 aromatic carbocycles. The van der Waals surface area contributed by atoms with Gasteiger partial charge in [-0.3, -0.25) is 13.7 Å². The molecule has 0 bridgehead atoms. The van der Waals surface area contributed by atoms with Gasteiger partial charge in [0.05, 0.1) is 0 Å². The molecule has 0 fully saturated rings. The van der Waals surface area contributed by atoms with Crippen molar-refractivity contribution in [3.63, 3.8) is 0 Å². The highest BCUT2D eigenvalue weighted by molar-refractivity contribution is 7.88. The van der Waals surface area contributed by atoms with Gasteiger partial charge in [0, 0.05) is 6.42 Å². The average Bonchev–Trinajstić information content (AvgIpc) is 2.22. The Balaban J connectivity index is 5.78. The second kappa shape index (κ2) is 7.87. The Hall–Kier alpha value is -0.0700. The lowest BCUT2D eigenvalue weighted by molar-refractivity contribution is 0.300. The molecule has 0 saturated carbocycles. The van der Waals surface area contributed by atoms with Crippen LogP contribution in [0.5, 0.6) is 0 Å². The molecule has 0 aliphatic carbocycles. The summed E-state index contributed by atoms with van der Waals surface area (Å²) in [4.78, 5) is 55.5. The Labute approximate surface area is 134 Å². The average molecular weight is 392 g/mol. The largest absolute Gasteiger partial charge is 0.356 e. The second-order valence-electron chi connectivity index (χ2n) is 5.48. The number of hydrogen-bond donors (Lipinski definition) is 6. The monoisotopic (exact) mass is 392 g/mol. The van der Waals surface area contributed by atoms with E-state index < -0.39 is 33.8 Å². The topological polar surface area (TPSA) is 173 Å². The van der Waals surface area contributed by atoms with Gasteiger partial charge >= 0.3 is 22.8 Å². The summed E-state index contributed by atoms with van der Waals surface area (Å²) >= 11 is 0. The standard InChI is InChI=1S/C11H23O9P3/c1-9(2)5-4-6-10(3)7-8-11(21(12,13)14,22(15,16)17)23(18,19)20/h5,7H,4,6,8H2,1-3H3,(H2,12,13,14)(H2,15,16,17)(H2,18,19,20)/b10-7+. The van der Waals surface area contributed by atoms with Crippen LogP contribution in [0.25, 0.3) is 0 Å². The van der Waals surface area contributed by atoms with Crippen LogP contribution in [-0.2, 0) is 13.7 Å². The Morgan fingerprint density at radius 1 is 0.826 bits per heavy atom. The van der Waals surface area contributed by atoms with E-state index in [0.29, 0.717) is 18.4 Å². The van der Waals surface area contributed by atoms with Gasteiger partial charge in [0.25, 0.3) is 4.64 Å². The van der Waals surface area contributed by atoms with Crippen LogP contribution in [0, 0.1) is 0 Å². The van der Waals surface area contributed by atoms with Crippen molar-refractivity contribution < 1.29 is 43.1 Å². The first-order valence-corrected chi connectivity index (χ1v) is 11.4. The third kappa shape index (κ3) is 5.75. The van der Waals surface area contributed by atoms with Crippen LogP contribution in [0.1, 0.15) is 40.0 Å². The number of rotatable bonds is 8. The minimum atomic E-state index is -5.83. The van der Waals surface area contributed by atoms with Gasteiger partial charge in [-0.1, -0.05) is 23.3 Å². The predicted molar refractivity (Wildman–Crippen MR) is 85.9 cm³/mol. The summed E-state index contributed by atoms with van der Waals surface area (Å²) < 4.78 is 30.8. The first-order chi connectivity index (χ1) is 10.1. The summed E-state index contributed by atoms with van der Waals surface area (Å²) in [5.41, 5.74) is 1.55. The van der Waals surface area contributed by atoms with Gasteiger partial charge in [-0.05, 0) is 33.6 Å². The van der Waals surface area contributed by atoms with Gasteiger partial charge in [-0.25, -0.2) is 0 Å². The van der Waals surface area contributed by atoms with Crippen molar-refractivity contribution in [1.82, 2.24) is 0 Å². The van der Waals surface area contributed by atoms with Gasteiger partial charge in [0.1, 0.15) is 0 Å². The van der Waals surface area contributed by atoms with Crippen LogP contribution in [0.3, 0.4) is 0 Å². The van der Waals surface area contributed by atoms with Crippen molar-refractivity contribution in [1.29, 1.82) is 0 Å². The highest BCUT2D eigenvalue weighted by atomic mass is 31.3. The molecule has 0 aromatic heterocycles. The summed E-state index contributed by atoms with van der Waals surface area (Å²) in [7, 11) is -17.5. The van der Waals surface area contributed by atoms with E-state index in [9.17, 15) is 43.1 Å². The Morgan fingerprint density at radius 3 is 1.52 bits per heavy atom. The molecule has 0 spiro atoms. The molecule has 12 heteroatoms. The molecule has 0 saturated heterocycles. The molecule has 0 unspecified atom stereocenters. The second-order valence-corrected chi connectivity index (χ2v) is 12.1. The predicted octanol–water partition coefficient (Wildman–Crippen LogP) is 2.26. The highest BCUT2D eigenvalue weighted by Gasteiger charge is 2.70. The van der Waals surface area contributed by atoms with E-state index in [1.54, 1.807) is 6.92 Å². The summed E-state index contributed by atoms with van der Waals surface area (Å²) in [6.07, 6.45) is 2.81. The Morgan fingerprint density at radius 2 is 1.22 bits per heavy atom. The van der Waals surface area contributed by atoms with Crippen molar-refractivity contribution in [2.75, 3.05) is 0 Å².